The lowest BCUT2D eigenvalue weighted by Crippen LogP contribution is -2.40. The zero-order chi connectivity index (χ0) is 11.1. The summed E-state index contributed by atoms with van der Waals surface area (Å²) in [4.78, 5) is 0. The van der Waals surface area contributed by atoms with Gasteiger partial charge in [-0.15, -0.1) is 0 Å². The molecule has 1 atom stereocenters. The SMILES string of the molecule is CCOC(OCC)C(N)Cc1ccoc1. The first kappa shape index (κ1) is 12.2. The van der Waals surface area contributed by atoms with Gasteiger partial charge in [-0.1, -0.05) is 0 Å². The third kappa shape index (κ3) is 4.03. The molecule has 4 heteroatoms. The fourth-order valence-corrected chi connectivity index (χ4v) is 1.40. The van der Waals surface area contributed by atoms with Crippen molar-refractivity contribution in [3.8, 4) is 0 Å². The highest BCUT2D eigenvalue weighted by molar-refractivity contribution is 5.07. The van der Waals surface area contributed by atoms with Crippen LogP contribution in [0.25, 0.3) is 0 Å². The second-order valence-electron chi connectivity index (χ2n) is 3.28. The van der Waals surface area contributed by atoms with Crippen molar-refractivity contribution in [2.45, 2.75) is 32.6 Å². The Kier molecular flexibility index (Phi) is 5.39. The molecule has 0 aliphatic rings. The number of ether oxygens (including phenoxy) is 2. The molecule has 2 N–H and O–H groups in total. The summed E-state index contributed by atoms with van der Waals surface area (Å²) in [5, 5.41) is 0. The van der Waals surface area contributed by atoms with Crippen LogP contribution < -0.4 is 5.73 Å². The largest absolute Gasteiger partial charge is 0.472 e. The Morgan fingerprint density at radius 3 is 2.47 bits per heavy atom. The maximum absolute atomic E-state index is 5.99. The Balaban J connectivity index is 2.44. The lowest BCUT2D eigenvalue weighted by Gasteiger charge is -2.22. The van der Waals surface area contributed by atoms with Crippen molar-refractivity contribution in [3.05, 3.63) is 24.2 Å². The van der Waals surface area contributed by atoms with Gasteiger partial charge in [0.15, 0.2) is 6.29 Å². The van der Waals surface area contributed by atoms with E-state index in [2.05, 4.69) is 0 Å². The van der Waals surface area contributed by atoms with Crippen LogP contribution in [0.3, 0.4) is 0 Å². The lowest BCUT2D eigenvalue weighted by molar-refractivity contribution is -0.148. The van der Waals surface area contributed by atoms with Crippen molar-refractivity contribution in [2.75, 3.05) is 13.2 Å². The van der Waals surface area contributed by atoms with Gasteiger partial charge < -0.3 is 19.6 Å². The first-order valence-electron chi connectivity index (χ1n) is 5.27. The van der Waals surface area contributed by atoms with Gasteiger partial charge in [0.2, 0.25) is 0 Å². The molecule has 1 unspecified atom stereocenters. The zero-order valence-electron chi connectivity index (χ0n) is 9.31. The van der Waals surface area contributed by atoms with Crippen LogP contribution in [0.1, 0.15) is 19.4 Å². The van der Waals surface area contributed by atoms with E-state index in [9.17, 15) is 0 Å². The van der Waals surface area contributed by atoms with Crippen molar-refractivity contribution < 1.29 is 13.9 Å². The number of nitrogens with two attached hydrogens (primary N) is 1. The molecular formula is C11H19NO3. The molecule has 1 aromatic rings. The van der Waals surface area contributed by atoms with Crippen molar-refractivity contribution >= 4 is 0 Å². The Morgan fingerprint density at radius 2 is 2.00 bits per heavy atom. The van der Waals surface area contributed by atoms with Crippen LogP contribution in [0.2, 0.25) is 0 Å². The second-order valence-corrected chi connectivity index (χ2v) is 3.28. The predicted molar refractivity (Wildman–Crippen MR) is 57.4 cm³/mol. The van der Waals surface area contributed by atoms with Gasteiger partial charge in [-0.2, -0.15) is 0 Å². The molecule has 0 saturated carbocycles. The molecule has 1 rings (SSSR count). The molecule has 86 valence electrons. The number of hydrogen-bond acceptors (Lipinski definition) is 4. The molecule has 0 aliphatic heterocycles. The maximum atomic E-state index is 5.99. The maximum Gasteiger partial charge on any atom is 0.172 e. The predicted octanol–water partition coefficient (Wildman–Crippen LogP) is 1.55. The van der Waals surface area contributed by atoms with Gasteiger partial charge >= 0.3 is 0 Å². The normalized spacial score (nSPS) is 13.3. The summed E-state index contributed by atoms with van der Waals surface area (Å²) < 4.78 is 15.8. The molecule has 15 heavy (non-hydrogen) atoms. The molecule has 0 amide bonds. The van der Waals surface area contributed by atoms with Gasteiger partial charge in [0.25, 0.3) is 0 Å². The van der Waals surface area contributed by atoms with Gasteiger partial charge in [0.1, 0.15) is 0 Å². The van der Waals surface area contributed by atoms with Crippen LogP contribution >= 0.6 is 0 Å². The third-order valence-electron chi connectivity index (χ3n) is 2.06. The molecular weight excluding hydrogens is 194 g/mol. The zero-order valence-corrected chi connectivity index (χ0v) is 9.31. The van der Waals surface area contributed by atoms with Gasteiger partial charge in [-0.05, 0) is 31.9 Å². The Morgan fingerprint density at radius 1 is 1.33 bits per heavy atom. The van der Waals surface area contributed by atoms with Gasteiger partial charge in [0.05, 0.1) is 18.6 Å². The quantitative estimate of drug-likeness (QED) is 0.698. The second kappa shape index (κ2) is 6.61. The summed E-state index contributed by atoms with van der Waals surface area (Å²) in [6.07, 6.45) is 3.68. The van der Waals surface area contributed by atoms with Crippen molar-refractivity contribution in [3.63, 3.8) is 0 Å². The molecule has 0 aromatic carbocycles. The molecule has 0 bridgehead atoms. The molecule has 0 radical (unpaired) electrons. The summed E-state index contributed by atoms with van der Waals surface area (Å²) >= 11 is 0. The topological polar surface area (TPSA) is 57.6 Å². The highest BCUT2D eigenvalue weighted by atomic mass is 16.7. The minimum absolute atomic E-state index is 0.164. The Labute approximate surface area is 90.3 Å². The van der Waals surface area contributed by atoms with Crippen molar-refractivity contribution in [1.82, 2.24) is 0 Å². The van der Waals surface area contributed by atoms with E-state index in [4.69, 9.17) is 19.6 Å². The van der Waals surface area contributed by atoms with Crippen LogP contribution in [-0.2, 0) is 15.9 Å². The Bertz CT molecular complexity index is 242. The number of furan rings is 1. The average Bonchev–Trinajstić information content (AvgIpc) is 2.70. The van der Waals surface area contributed by atoms with Crippen molar-refractivity contribution in [1.29, 1.82) is 0 Å². The van der Waals surface area contributed by atoms with E-state index in [-0.39, 0.29) is 12.3 Å². The van der Waals surface area contributed by atoms with E-state index in [0.717, 1.165) is 5.56 Å². The molecule has 1 heterocycles. The number of rotatable bonds is 7. The minimum atomic E-state index is -0.338. The highest BCUT2D eigenvalue weighted by Gasteiger charge is 2.18. The minimum Gasteiger partial charge on any atom is -0.472 e. The standard InChI is InChI=1S/C11H19NO3/c1-3-14-11(15-4-2)10(12)7-9-5-6-13-8-9/h5-6,8,10-11H,3-4,7,12H2,1-2H3. The average molecular weight is 213 g/mol. The first-order chi connectivity index (χ1) is 7.27. The number of hydrogen-bond donors (Lipinski definition) is 1. The van der Waals surface area contributed by atoms with Crippen LogP contribution in [-0.4, -0.2) is 25.5 Å². The first-order valence-corrected chi connectivity index (χ1v) is 5.27. The lowest BCUT2D eigenvalue weighted by atomic mass is 10.1. The summed E-state index contributed by atoms with van der Waals surface area (Å²) in [7, 11) is 0. The van der Waals surface area contributed by atoms with E-state index in [1.807, 2.05) is 19.9 Å². The fraction of sp³-hybridized carbons (Fsp3) is 0.636. The van der Waals surface area contributed by atoms with Crippen LogP contribution in [0.15, 0.2) is 23.0 Å². The summed E-state index contributed by atoms with van der Waals surface area (Å²) in [6, 6.07) is 1.73. The van der Waals surface area contributed by atoms with Gasteiger partial charge in [0, 0.05) is 13.2 Å². The van der Waals surface area contributed by atoms with Gasteiger partial charge in [-0.25, -0.2) is 0 Å². The molecule has 0 aliphatic carbocycles. The highest BCUT2D eigenvalue weighted by Crippen LogP contribution is 2.08. The van der Waals surface area contributed by atoms with E-state index in [1.165, 1.54) is 0 Å². The molecule has 4 nitrogen and oxygen atoms in total. The van der Waals surface area contributed by atoms with E-state index in [1.54, 1.807) is 12.5 Å². The molecule has 0 spiro atoms. The van der Waals surface area contributed by atoms with E-state index < -0.39 is 0 Å². The van der Waals surface area contributed by atoms with Crippen molar-refractivity contribution in [2.24, 2.45) is 5.73 Å². The van der Waals surface area contributed by atoms with E-state index in [0.29, 0.717) is 19.6 Å². The molecule has 0 fully saturated rings. The monoisotopic (exact) mass is 213 g/mol. The summed E-state index contributed by atoms with van der Waals surface area (Å²) in [5.41, 5.74) is 7.05. The van der Waals surface area contributed by atoms with Crippen LogP contribution in [0.4, 0.5) is 0 Å². The van der Waals surface area contributed by atoms with Crippen LogP contribution in [0.5, 0.6) is 0 Å². The van der Waals surface area contributed by atoms with E-state index >= 15 is 0 Å². The summed E-state index contributed by atoms with van der Waals surface area (Å²) in [6.45, 7) is 5.06. The fourth-order valence-electron chi connectivity index (χ4n) is 1.40. The third-order valence-corrected chi connectivity index (χ3v) is 2.06. The summed E-state index contributed by atoms with van der Waals surface area (Å²) in [5.74, 6) is 0. The Hall–Kier alpha value is -0.840. The van der Waals surface area contributed by atoms with Crippen LogP contribution in [0, 0.1) is 0 Å². The molecule has 1 aromatic heterocycles. The van der Waals surface area contributed by atoms with Gasteiger partial charge in [-0.3, -0.25) is 0 Å². The molecule has 0 saturated heterocycles. The smallest absolute Gasteiger partial charge is 0.172 e.